The molecular weight excluding hydrogens is 338 g/mol. The molecule has 0 fully saturated rings. The van der Waals surface area contributed by atoms with Crippen LogP contribution >= 0.6 is 27.5 Å². The minimum atomic E-state index is 0.641. The van der Waals surface area contributed by atoms with Crippen LogP contribution in [0.1, 0.15) is 0 Å². The zero-order chi connectivity index (χ0) is 13.9. The average Bonchev–Trinajstić information content (AvgIpc) is 2.91. The van der Waals surface area contributed by atoms with Crippen LogP contribution in [-0.4, -0.2) is 9.55 Å². The summed E-state index contributed by atoms with van der Waals surface area (Å²) in [5.74, 6) is 0.723. The lowest BCUT2D eigenvalue weighted by Crippen LogP contribution is -2.01. The van der Waals surface area contributed by atoms with Gasteiger partial charge in [0.05, 0.1) is 10.7 Å². The van der Waals surface area contributed by atoms with Crippen LogP contribution in [0.2, 0.25) is 5.02 Å². The van der Waals surface area contributed by atoms with Crippen molar-refractivity contribution in [3.05, 3.63) is 70.4 Å². The van der Waals surface area contributed by atoms with Gasteiger partial charge in [-0.2, -0.15) is 0 Å². The predicted molar refractivity (Wildman–Crippen MR) is 86.0 cm³/mol. The fourth-order valence-corrected chi connectivity index (χ4v) is 2.62. The maximum Gasteiger partial charge on any atom is 0.212 e. The second kappa shape index (κ2) is 5.69. The molecule has 0 bridgehead atoms. The summed E-state index contributed by atoms with van der Waals surface area (Å²) >= 11 is 9.61. The van der Waals surface area contributed by atoms with E-state index in [0.29, 0.717) is 5.02 Å². The standard InChI is InChI=1S/C15H11BrClN3/c16-11-6-7-14(13(17)10-11)19-15-18-8-9-20(15)12-4-2-1-3-5-12/h1-10H,(H,18,19). The fourth-order valence-electron chi connectivity index (χ4n) is 1.90. The fraction of sp³-hybridized carbons (Fsp3) is 0. The van der Waals surface area contributed by atoms with E-state index in [1.165, 1.54) is 0 Å². The Balaban J connectivity index is 1.95. The molecule has 0 spiro atoms. The van der Waals surface area contributed by atoms with Crippen LogP contribution in [-0.2, 0) is 0 Å². The van der Waals surface area contributed by atoms with Crippen LogP contribution in [0.4, 0.5) is 11.6 Å². The number of nitrogens with zero attached hydrogens (tertiary/aromatic N) is 2. The van der Waals surface area contributed by atoms with E-state index in [0.717, 1.165) is 21.8 Å². The van der Waals surface area contributed by atoms with Crippen LogP contribution in [0, 0.1) is 0 Å². The van der Waals surface area contributed by atoms with Crippen molar-refractivity contribution in [3.8, 4) is 5.69 Å². The van der Waals surface area contributed by atoms with Gasteiger partial charge in [0.15, 0.2) is 0 Å². The Morgan fingerprint density at radius 3 is 2.65 bits per heavy atom. The molecular formula is C15H11BrClN3. The van der Waals surface area contributed by atoms with Gasteiger partial charge in [-0.3, -0.25) is 4.57 Å². The first-order valence-corrected chi connectivity index (χ1v) is 7.22. The Hall–Kier alpha value is -1.78. The lowest BCUT2D eigenvalue weighted by atomic mass is 10.3. The number of para-hydroxylation sites is 1. The lowest BCUT2D eigenvalue weighted by molar-refractivity contribution is 1.06. The zero-order valence-electron chi connectivity index (χ0n) is 10.4. The molecule has 20 heavy (non-hydrogen) atoms. The maximum absolute atomic E-state index is 6.22. The molecule has 100 valence electrons. The van der Waals surface area contributed by atoms with Crippen molar-refractivity contribution < 1.29 is 0 Å². The summed E-state index contributed by atoms with van der Waals surface area (Å²) < 4.78 is 2.91. The van der Waals surface area contributed by atoms with Crippen molar-refractivity contribution in [1.82, 2.24) is 9.55 Å². The van der Waals surface area contributed by atoms with Gasteiger partial charge in [0.2, 0.25) is 5.95 Å². The third kappa shape index (κ3) is 2.71. The highest BCUT2D eigenvalue weighted by molar-refractivity contribution is 9.10. The van der Waals surface area contributed by atoms with E-state index >= 15 is 0 Å². The van der Waals surface area contributed by atoms with Gasteiger partial charge in [0, 0.05) is 22.6 Å². The second-order valence-electron chi connectivity index (χ2n) is 4.21. The van der Waals surface area contributed by atoms with Crippen molar-refractivity contribution in [2.24, 2.45) is 0 Å². The summed E-state index contributed by atoms with van der Waals surface area (Å²) in [6.07, 6.45) is 3.66. The molecule has 0 atom stereocenters. The molecule has 0 aliphatic heterocycles. The van der Waals surface area contributed by atoms with Crippen molar-refractivity contribution >= 4 is 39.2 Å². The predicted octanol–water partition coefficient (Wildman–Crippen LogP) is 5.03. The molecule has 3 nitrogen and oxygen atoms in total. The summed E-state index contributed by atoms with van der Waals surface area (Å²) in [7, 11) is 0. The van der Waals surface area contributed by atoms with Crippen molar-refractivity contribution in [3.63, 3.8) is 0 Å². The Bertz CT molecular complexity index is 725. The number of hydrogen-bond acceptors (Lipinski definition) is 2. The quantitative estimate of drug-likeness (QED) is 0.719. The highest BCUT2D eigenvalue weighted by Crippen LogP contribution is 2.28. The molecule has 5 heteroatoms. The molecule has 0 amide bonds. The van der Waals surface area contributed by atoms with Crippen molar-refractivity contribution in [1.29, 1.82) is 0 Å². The number of hydrogen-bond donors (Lipinski definition) is 1. The molecule has 2 aromatic carbocycles. The number of benzene rings is 2. The second-order valence-corrected chi connectivity index (χ2v) is 5.53. The van der Waals surface area contributed by atoms with Gasteiger partial charge in [-0.25, -0.2) is 4.98 Å². The highest BCUT2D eigenvalue weighted by atomic mass is 79.9. The van der Waals surface area contributed by atoms with Crippen LogP contribution in [0.3, 0.4) is 0 Å². The number of halogens is 2. The van der Waals surface area contributed by atoms with Gasteiger partial charge in [-0.05, 0) is 30.3 Å². The summed E-state index contributed by atoms with van der Waals surface area (Å²) in [5.41, 5.74) is 1.86. The van der Waals surface area contributed by atoms with E-state index in [9.17, 15) is 0 Å². The topological polar surface area (TPSA) is 29.9 Å². The molecule has 0 unspecified atom stereocenters. The molecule has 0 radical (unpaired) electrons. The first kappa shape index (κ1) is 13.2. The number of anilines is 2. The van der Waals surface area contributed by atoms with Crippen LogP contribution < -0.4 is 5.32 Å². The Morgan fingerprint density at radius 2 is 1.90 bits per heavy atom. The molecule has 0 aliphatic rings. The number of nitrogens with one attached hydrogen (secondary N) is 1. The monoisotopic (exact) mass is 347 g/mol. The third-order valence-electron chi connectivity index (χ3n) is 2.85. The summed E-state index contributed by atoms with van der Waals surface area (Å²) in [5, 5.41) is 3.89. The van der Waals surface area contributed by atoms with E-state index in [2.05, 4.69) is 26.2 Å². The van der Waals surface area contributed by atoms with Crippen LogP contribution in [0.15, 0.2) is 65.4 Å². The molecule has 3 aromatic rings. The van der Waals surface area contributed by atoms with Crippen LogP contribution in [0.25, 0.3) is 5.69 Å². The molecule has 1 heterocycles. The minimum Gasteiger partial charge on any atom is -0.324 e. The third-order valence-corrected chi connectivity index (χ3v) is 3.66. The molecule has 1 aromatic heterocycles. The first-order chi connectivity index (χ1) is 9.74. The summed E-state index contributed by atoms with van der Waals surface area (Å²) in [6, 6.07) is 15.7. The van der Waals surface area contributed by atoms with Crippen molar-refractivity contribution in [2.75, 3.05) is 5.32 Å². The maximum atomic E-state index is 6.22. The number of imidazole rings is 1. The molecule has 0 aliphatic carbocycles. The van der Waals surface area contributed by atoms with E-state index in [1.807, 2.05) is 59.3 Å². The Kier molecular flexibility index (Phi) is 3.76. The summed E-state index contributed by atoms with van der Waals surface area (Å²) in [6.45, 7) is 0. The normalized spacial score (nSPS) is 10.5. The van der Waals surface area contributed by atoms with Gasteiger partial charge < -0.3 is 5.32 Å². The molecule has 3 rings (SSSR count). The largest absolute Gasteiger partial charge is 0.324 e. The highest BCUT2D eigenvalue weighted by Gasteiger charge is 2.07. The molecule has 1 N–H and O–H groups in total. The Labute approximate surface area is 130 Å². The Morgan fingerprint density at radius 1 is 1.10 bits per heavy atom. The van der Waals surface area contributed by atoms with Crippen molar-refractivity contribution in [2.45, 2.75) is 0 Å². The van der Waals surface area contributed by atoms with Gasteiger partial charge in [-0.1, -0.05) is 45.7 Å². The molecule has 0 saturated heterocycles. The van der Waals surface area contributed by atoms with Gasteiger partial charge in [0.1, 0.15) is 0 Å². The van der Waals surface area contributed by atoms with E-state index in [-0.39, 0.29) is 0 Å². The number of aromatic nitrogens is 2. The lowest BCUT2D eigenvalue weighted by Gasteiger charge is -2.11. The van der Waals surface area contributed by atoms with Gasteiger partial charge >= 0.3 is 0 Å². The number of rotatable bonds is 3. The zero-order valence-corrected chi connectivity index (χ0v) is 12.8. The SMILES string of the molecule is Clc1cc(Br)ccc1Nc1nccn1-c1ccccc1. The smallest absolute Gasteiger partial charge is 0.212 e. The van der Waals surface area contributed by atoms with E-state index < -0.39 is 0 Å². The molecule has 0 saturated carbocycles. The van der Waals surface area contributed by atoms with E-state index in [1.54, 1.807) is 6.20 Å². The summed E-state index contributed by atoms with van der Waals surface area (Å²) in [4.78, 5) is 4.33. The van der Waals surface area contributed by atoms with Gasteiger partial charge in [0.25, 0.3) is 0 Å². The first-order valence-electron chi connectivity index (χ1n) is 6.05. The average molecular weight is 349 g/mol. The minimum absolute atomic E-state index is 0.641. The van der Waals surface area contributed by atoms with Gasteiger partial charge in [-0.15, -0.1) is 0 Å². The van der Waals surface area contributed by atoms with Crippen LogP contribution in [0.5, 0.6) is 0 Å². The van der Waals surface area contributed by atoms with E-state index in [4.69, 9.17) is 11.6 Å².